The molecule has 0 bridgehead atoms. The van der Waals surface area contributed by atoms with E-state index in [0.29, 0.717) is 0 Å². The fourth-order valence-electron chi connectivity index (χ4n) is 1.90. The van der Waals surface area contributed by atoms with E-state index in [4.69, 9.17) is 10.6 Å². The van der Waals surface area contributed by atoms with E-state index in [1.54, 1.807) is 7.11 Å². The number of benzene rings is 1. The van der Waals surface area contributed by atoms with Crippen LogP contribution in [-0.2, 0) is 11.4 Å². The Morgan fingerprint density at radius 3 is 3.00 bits per heavy atom. The van der Waals surface area contributed by atoms with Gasteiger partial charge >= 0.3 is 0 Å². The van der Waals surface area contributed by atoms with Crippen LogP contribution in [-0.4, -0.2) is 18.7 Å². The van der Waals surface area contributed by atoms with Crippen LogP contribution in [0.2, 0.25) is 0 Å². The molecule has 1 aromatic carbocycles. The molecule has 1 aliphatic heterocycles. The largest absolute Gasteiger partial charge is 0.324 e. The Labute approximate surface area is 84.4 Å². The monoisotopic (exact) mass is 192 g/mol. The summed E-state index contributed by atoms with van der Waals surface area (Å²) in [4.78, 5) is 5.25. The maximum absolute atomic E-state index is 6.08. The molecule has 1 atom stereocenters. The molecule has 76 valence electrons. The van der Waals surface area contributed by atoms with Crippen LogP contribution in [0.1, 0.15) is 23.6 Å². The van der Waals surface area contributed by atoms with Crippen molar-refractivity contribution in [3.05, 3.63) is 35.4 Å². The second-order valence-electron chi connectivity index (χ2n) is 3.64. The van der Waals surface area contributed by atoms with Gasteiger partial charge in [0.1, 0.15) is 0 Å². The molecule has 0 saturated heterocycles. The van der Waals surface area contributed by atoms with Crippen LogP contribution in [0.25, 0.3) is 0 Å². The number of rotatable bonds is 1. The normalized spacial score (nSPS) is 22.9. The lowest BCUT2D eigenvalue weighted by atomic mass is 10.0. The van der Waals surface area contributed by atoms with Gasteiger partial charge in [0, 0.05) is 19.1 Å². The zero-order chi connectivity index (χ0) is 9.97. The highest BCUT2D eigenvalue weighted by Gasteiger charge is 2.18. The minimum Gasteiger partial charge on any atom is -0.324 e. The third-order valence-corrected chi connectivity index (χ3v) is 2.75. The first-order chi connectivity index (χ1) is 6.81. The first-order valence-electron chi connectivity index (χ1n) is 4.93. The van der Waals surface area contributed by atoms with Gasteiger partial charge in [0.2, 0.25) is 0 Å². The van der Waals surface area contributed by atoms with Crippen LogP contribution in [0.3, 0.4) is 0 Å². The molecule has 2 rings (SSSR count). The van der Waals surface area contributed by atoms with E-state index in [9.17, 15) is 0 Å². The molecule has 0 amide bonds. The van der Waals surface area contributed by atoms with Crippen molar-refractivity contribution in [1.29, 1.82) is 0 Å². The van der Waals surface area contributed by atoms with Crippen LogP contribution >= 0.6 is 0 Å². The summed E-state index contributed by atoms with van der Waals surface area (Å²) in [5, 5.41) is 1.95. The predicted octanol–water partition coefficient (Wildman–Crippen LogP) is 1.45. The number of fused-ring (bicyclic) bond motifs is 1. The Morgan fingerprint density at radius 2 is 2.21 bits per heavy atom. The highest BCUT2D eigenvalue weighted by Crippen LogP contribution is 2.24. The lowest BCUT2D eigenvalue weighted by Crippen LogP contribution is -2.22. The lowest BCUT2D eigenvalue weighted by Gasteiger charge is -2.16. The van der Waals surface area contributed by atoms with Gasteiger partial charge in [-0.15, -0.1) is 0 Å². The highest BCUT2D eigenvalue weighted by atomic mass is 16.7. The van der Waals surface area contributed by atoms with Crippen LogP contribution in [0, 0.1) is 0 Å². The summed E-state index contributed by atoms with van der Waals surface area (Å²) < 4.78 is 0. The van der Waals surface area contributed by atoms with Crippen molar-refractivity contribution in [3.8, 4) is 0 Å². The fourth-order valence-corrected chi connectivity index (χ4v) is 1.90. The summed E-state index contributed by atoms with van der Waals surface area (Å²) in [5.41, 5.74) is 8.61. The zero-order valence-electron chi connectivity index (χ0n) is 8.44. The van der Waals surface area contributed by atoms with Gasteiger partial charge in [-0.05, 0) is 17.5 Å². The topological polar surface area (TPSA) is 38.5 Å². The molecule has 2 N–H and O–H groups in total. The van der Waals surface area contributed by atoms with E-state index < -0.39 is 0 Å². The molecular formula is C11H16N2O. The van der Waals surface area contributed by atoms with E-state index in [-0.39, 0.29) is 6.04 Å². The molecule has 0 radical (unpaired) electrons. The fraction of sp³-hybridized carbons (Fsp3) is 0.455. The molecule has 0 aromatic heterocycles. The molecule has 1 unspecified atom stereocenters. The smallest absolute Gasteiger partial charge is 0.0575 e. The molecule has 0 spiro atoms. The van der Waals surface area contributed by atoms with Crippen LogP contribution in [0.5, 0.6) is 0 Å². The summed E-state index contributed by atoms with van der Waals surface area (Å²) in [6.45, 7) is 1.73. The molecule has 0 fully saturated rings. The summed E-state index contributed by atoms with van der Waals surface area (Å²) in [6, 6.07) is 8.46. The average Bonchev–Trinajstić information content (AvgIpc) is 2.39. The number of nitrogens with two attached hydrogens (primary N) is 1. The van der Waals surface area contributed by atoms with Crippen molar-refractivity contribution in [2.45, 2.75) is 19.0 Å². The van der Waals surface area contributed by atoms with Gasteiger partial charge in [0.15, 0.2) is 0 Å². The average molecular weight is 192 g/mol. The lowest BCUT2D eigenvalue weighted by molar-refractivity contribution is -0.138. The number of hydrogen-bond donors (Lipinski definition) is 1. The Balaban J connectivity index is 2.31. The molecule has 0 saturated carbocycles. The third-order valence-electron chi connectivity index (χ3n) is 2.75. The summed E-state index contributed by atoms with van der Waals surface area (Å²) in [7, 11) is 1.71. The van der Waals surface area contributed by atoms with Gasteiger partial charge in [0.05, 0.1) is 7.11 Å². The minimum atomic E-state index is 0.145. The Hall–Kier alpha value is -0.900. The van der Waals surface area contributed by atoms with Crippen molar-refractivity contribution >= 4 is 0 Å². The number of nitrogens with zero attached hydrogens (tertiary/aromatic N) is 1. The standard InChI is InChI=1S/C11H16N2O/c1-14-13-7-6-11(12)10-5-3-2-4-9(10)8-13/h2-5,11H,6-8,12H2,1H3. The maximum atomic E-state index is 6.08. The molecule has 1 heterocycles. The Kier molecular flexibility index (Phi) is 2.82. The second kappa shape index (κ2) is 4.09. The Morgan fingerprint density at radius 1 is 1.43 bits per heavy atom. The van der Waals surface area contributed by atoms with Gasteiger partial charge in [0.25, 0.3) is 0 Å². The summed E-state index contributed by atoms with van der Waals surface area (Å²) >= 11 is 0. The SMILES string of the molecule is CON1CCC(N)c2ccccc2C1. The number of hydroxylamine groups is 2. The van der Waals surface area contributed by atoms with Crippen molar-refractivity contribution < 1.29 is 4.84 Å². The van der Waals surface area contributed by atoms with Gasteiger partial charge < -0.3 is 10.6 Å². The predicted molar refractivity (Wildman–Crippen MR) is 55.4 cm³/mol. The molecule has 1 aliphatic rings. The van der Waals surface area contributed by atoms with Gasteiger partial charge in [-0.25, -0.2) is 0 Å². The maximum Gasteiger partial charge on any atom is 0.0575 e. The van der Waals surface area contributed by atoms with Crippen LogP contribution in [0.15, 0.2) is 24.3 Å². The third kappa shape index (κ3) is 1.80. The van der Waals surface area contributed by atoms with Gasteiger partial charge in [-0.1, -0.05) is 24.3 Å². The quantitative estimate of drug-likeness (QED) is 0.732. The van der Waals surface area contributed by atoms with E-state index in [0.717, 1.165) is 19.5 Å². The first-order valence-corrected chi connectivity index (χ1v) is 4.93. The number of hydrogen-bond acceptors (Lipinski definition) is 3. The van der Waals surface area contributed by atoms with Crippen LogP contribution in [0.4, 0.5) is 0 Å². The first kappa shape index (κ1) is 9.65. The van der Waals surface area contributed by atoms with E-state index in [1.165, 1.54) is 11.1 Å². The molecule has 1 aromatic rings. The van der Waals surface area contributed by atoms with Crippen molar-refractivity contribution in [2.24, 2.45) is 5.73 Å². The van der Waals surface area contributed by atoms with Crippen molar-refractivity contribution in [1.82, 2.24) is 5.06 Å². The zero-order valence-corrected chi connectivity index (χ0v) is 8.44. The Bertz CT molecular complexity index is 314. The van der Waals surface area contributed by atoms with Gasteiger partial charge in [-0.2, -0.15) is 5.06 Å². The van der Waals surface area contributed by atoms with E-state index in [1.807, 2.05) is 17.2 Å². The van der Waals surface area contributed by atoms with Crippen molar-refractivity contribution in [3.63, 3.8) is 0 Å². The molecule has 3 heteroatoms. The molecular weight excluding hydrogens is 176 g/mol. The van der Waals surface area contributed by atoms with Crippen LogP contribution < -0.4 is 5.73 Å². The van der Waals surface area contributed by atoms with Crippen molar-refractivity contribution in [2.75, 3.05) is 13.7 Å². The highest BCUT2D eigenvalue weighted by molar-refractivity contribution is 5.30. The van der Waals surface area contributed by atoms with E-state index in [2.05, 4.69) is 12.1 Å². The summed E-state index contributed by atoms with van der Waals surface area (Å²) in [5.74, 6) is 0. The molecule has 14 heavy (non-hydrogen) atoms. The molecule has 3 nitrogen and oxygen atoms in total. The summed E-state index contributed by atoms with van der Waals surface area (Å²) in [6.07, 6.45) is 0.949. The van der Waals surface area contributed by atoms with E-state index >= 15 is 0 Å². The molecule has 0 aliphatic carbocycles. The second-order valence-corrected chi connectivity index (χ2v) is 3.64. The minimum absolute atomic E-state index is 0.145. The van der Waals surface area contributed by atoms with Gasteiger partial charge in [-0.3, -0.25) is 0 Å².